The summed E-state index contributed by atoms with van der Waals surface area (Å²) in [6, 6.07) is 0. The Morgan fingerprint density at radius 1 is 0.300 bits per heavy atom. The molecule has 0 nitrogen and oxygen atoms in total. The lowest BCUT2D eigenvalue weighted by molar-refractivity contribution is -0.186. The highest BCUT2D eigenvalue weighted by Gasteiger charge is 2.61. The van der Waals surface area contributed by atoms with Crippen molar-refractivity contribution in [2.75, 3.05) is 0 Å². The van der Waals surface area contributed by atoms with Crippen LogP contribution in [0.1, 0.15) is 77.0 Å². The van der Waals surface area contributed by atoms with Crippen LogP contribution in [0.5, 0.6) is 0 Å². The largest absolute Gasteiger partial charge is 0.0530 e. The van der Waals surface area contributed by atoms with Gasteiger partial charge in [0.15, 0.2) is 0 Å². The summed E-state index contributed by atoms with van der Waals surface area (Å²) in [6.45, 7) is 0. The van der Waals surface area contributed by atoms with E-state index in [-0.39, 0.29) is 0 Å². The molecule has 6 rings (SSSR count). The van der Waals surface area contributed by atoms with Gasteiger partial charge in [-0.15, -0.1) is 0 Å². The molecule has 0 heterocycles. The lowest BCUT2D eigenvalue weighted by atomic mass is 9.38. The number of rotatable bonds is 0. The van der Waals surface area contributed by atoms with E-state index < -0.39 is 0 Å². The van der Waals surface area contributed by atoms with Gasteiger partial charge in [-0.05, 0) is 85.9 Å². The van der Waals surface area contributed by atoms with Gasteiger partial charge in [-0.3, -0.25) is 0 Å². The summed E-state index contributed by atoms with van der Waals surface area (Å²) in [7, 11) is 0. The molecule has 0 radical (unpaired) electrons. The number of hydrogen-bond donors (Lipinski definition) is 0. The molecule has 20 heavy (non-hydrogen) atoms. The summed E-state index contributed by atoms with van der Waals surface area (Å²) in [5.41, 5.74) is 0. The zero-order valence-corrected chi connectivity index (χ0v) is 13.1. The molecule has 6 saturated carbocycles. The predicted molar refractivity (Wildman–Crippen MR) is 83.3 cm³/mol. The van der Waals surface area contributed by atoms with E-state index in [9.17, 15) is 0 Å². The van der Waals surface area contributed by atoms with Crippen LogP contribution in [-0.2, 0) is 0 Å². The Morgan fingerprint density at radius 2 is 0.500 bits per heavy atom. The van der Waals surface area contributed by atoms with Gasteiger partial charge < -0.3 is 0 Å². The third-order valence-corrected chi connectivity index (χ3v) is 8.59. The zero-order valence-electron chi connectivity index (χ0n) is 13.1. The quantitative estimate of drug-likeness (QED) is 0.533. The minimum atomic E-state index is 1.19. The van der Waals surface area contributed by atoms with E-state index in [1.54, 1.807) is 77.0 Å². The third kappa shape index (κ3) is 1.60. The van der Waals surface area contributed by atoms with Gasteiger partial charge in [0.1, 0.15) is 0 Å². The van der Waals surface area contributed by atoms with E-state index in [1.165, 1.54) is 47.3 Å². The monoisotopic (exact) mass is 272 g/mol. The molecule has 4 unspecified atom stereocenters. The lowest BCUT2D eigenvalue weighted by Crippen LogP contribution is -2.61. The van der Waals surface area contributed by atoms with E-state index in [4.69, 9.17) is 0 Å². The van der Waals surface area contributed by atoms with Crippen LogP contribution in [0.25, 0.3) is 0 Å². The molecule has 0 aliphatic heterocycles. The van der Waals surface area contributed by atoms with E-state index in [2.05, 4.69) is 0 Å². The molecule has 2 bridgehead atoms. The summed E-state index contributed by atoms with van der Waals surface area (Å²) in [5, 5.41) is 0. The highest BCUT2D eigenvalue weighted by Crippen LogP contribution is 2.68. The van der Waals surface area contributed by atoms with Crippen molar-refractivity contribution >= 4 is 0 Å². The second-order valence-electron chi connectivity index (χ2n) is 8.99. The molecule has 112 valence electrons. The van der Waals surface area contributed by atoms with Crippen LogP contribution < -0.4 is 0 Å². The summed E-state index contributed by atoms with van der Waals surface area (Å²) in [4.78, 5) is 0. The maximum Gasteiger partial charge on any atom is -0.0321 e. The molecule has 0 aromatic rings. The predicted octanol–water partition coefficient (Wildman–Crippen LogP) is 5.67. The second kappa shape index (κ2) is 4.75. The Kier molecular flexibility index (Phi) is 2.98. The van der Waals surface area contributed by atoms with Crippen molar-refractivity contribution in [2.45, 2.75) is 77.0 Å². The van der Waals surface area contributed by atoms with Gasteiger partial charge in [0.05, 0.1) is 0 Å². The first kappa shape index (κ1) is 12.5. The van der Waals surface area contributed by atoms with Crippen molar-refractivity contribution in [3.05, 3.63) is 0 Å². The normalized spacial score (nSPS) is 57.6. The van der Waals surface area contributed by atoms with Gasteiger partial charge in [-0.2, -0.15) is 0 Å². The Morgan fingerprint density at radius 3 is 0.700 bits per heavy atom. The summed E-state index contributed by atoms with van der Waals surface area (Å²) in [6.07, 6.45) is 19.2. The van der Waals surface area contributed by atoms with Gasteiger partial charge in [0.25, 0.3) is 0 Å². The Labute approximate surface area is 125 Å². The first-order valence-corrected chi connectivity index (χ1v) is 9.95. The van der Waals surface area contributed by atoms with Crippen LogP contribution in [0.4, 0.5) is 0 Å². The van der Waals surface area contributed by atoms with Crippen LogP contribution in [0.2, 0.25) is 0 Å². The Hall–Kier alpha value is 0. The van der Waals surface area contributed by atoms with Crippen LogP contribution in [0, 0.1) is 47.3 Å². The van der Waals surface area contributed by atoms with E-state index in [0.717, 1.165) is 0 Å². The smallest absolute Gasteiger partial charge is 0.0321 e. The molecule has 0 amide bonds. The Bertz CT molecular complexity index is 279. The first-order chi connectivity index (χ1) is 9.95. The Balaban J connectivity index is 1.56. The van der Waals surface area contributed by atoms with Crippen molar-refractivity contribution in [3.8, 4) is 0 Å². The molecule has 0 saturated heterocycles. The lowest BCUT2D eigenvalue weighted by Gasteiger charge is -2.67. The minimum absolute atomic E-state index is 1.19. The summed E-state index contributed by atoms with van der Waals surface area (Å²) < 4.78 is 0. The fourth-order valence-corrected chi connectivity index (χ4v) is 8.34. The van der Waals surface area contributed by atoms with Gasteiger partial charge in [0.2, 0.25) is 0 Å². The van der Waals surface area contributed by atoms with Gasteiger partial charge >= 0.3 is 0 Å². The molecular weight excluding hydrogens is 240 g/mol. The summed E-state index contributed by atoms with van der Waals surface area (Å²) >= 11 is 0. The molecule has 0 N–H and O–H groups in total. The molecule has 6 aliphatic rings. The van der Waals surface area contributed by atoms with E-state index in [1.807, 2.05) is 0 Å². The molecular formula is C20H32. The maximum atomic E-state index is 1.62. The fraction of sp³-hybridized carbons (Fsp3) is 1.00. The van der Waals surface area contributed by atoms with E-state index >= 15 is 0 Å². The zero-order chi connectivity index (χ0) is 13.1. The standard InChI is InChI=1S/C20H32/c1-2-8-14-13(7-1)19-15-9-3-5-11-17(15)20(14)18-12-6-4-10-16(18)19/h13-20H,1-12H2/t13-,14-,15-,16?,17+,18?,19?,20?/m0/s1. The highest BCUT2D eigenvalue weighted by atomic mass is 14.7. The molecule has 8 atom stereocenters. The highest BCUT2D eigenvalue weighted by molar-refractivity contribution is 5.09. The molecule has 6 fully saturated rings. The molecule has 0 aromatic heterocycles. The fourth-order valence-electron chi connectivity index (χ4n) is 8.34. The SMILES string of the molecule is C1CCC2C(C1)C1[C@H]3CCCC[C@@H]3C2[C@@H]2CCCC[C@H]12. The van der Waals surface area contributed by atoms with Crippen LogP contribution in [-0.4, -0.2) is 0 Å². The average molecular weight is 272 g/mol. The molecule has 0 heteroatoms. The van der Waals surface area contributed by atoms with Crippen LogP contribution >= 0.6 is 0 Å². The average Bonchev–Trinajstić information content (AvgIpc) is 2.54. The van der Waals surface area contributed by atoms with Crippen molar-refractivity contribution in [3.63, 3.8) is 0 Å². The molecule has 0 aromatic carbocycles. The van der Waals surface area contributed by atoms with Crippen molar-refractivity contribution in [1.29, 1.82) is 0 Å². The van der Waals surface area contributed by atoms with E-state index in [0.29, 0.717) is 0 Å². The summed E-state index contributed by atoms with van der Waals surface area (Å²) in [5.74, 6) is 9.52. The first-order valence-electron chi connectivity index (χ1n) is 9.95. The molecule has 0 spiro atoms. The van der Waals surface area contributed by atoms with Crippen molar-refractivity contribution in [2.24, 2.45) is 47.3 Å². The minimum Gasteiger partial charge on any atom is -0.0530 e. The van der Waals surface area contributed by atoms with Gasteiger partial charge in [0, 0.05) is 0 Å². The van der Waals surface area contributed by atoms with Crippen molar-refractivity contribution < 1.29 is 0 Å². The number of hydrogen-bond acceptors (Lipinski definition) is 0. The van der Waals surface area contributed by atoms with Gasteiger partial charge in [-0.25, -0.2) is 0 Å². The second-order valence-corrected chi connectivity index (χ2v) is 8.99. The van der Waals surface area contributed by atoms with Crippen LogP contribution in [0.15, 0.2) is 0 Å². The van der Waals surface area contributed by atoms with Crippen molar-refractivity contribution in [1.82, 2.24) is 0 Å². The van der Waals surface area contributed by atoms with Crippen LogP contribution in [0.3, 0.4) is 0 Å². The maximum absolute atomic E-state index is 1.62. The molecule has 6 aliphatic carbocycles. The van der Waals surface area contributed by atoms with Gasteiger partial charge in [-0.1, -0.05) is 38.5 Å². The topological polar surface area (TPSA) is 0 Å². The third-order valence-electron chi connectivity index (χ3n) is 8.59.